The van der Waals surface area contributed by atoms with Crippen molar-refractivity contribution in [2.75, 3.05) is 0 Å². The molecule has 0 bridgehead atoms. The van der Waals surface area contributed by atoms with Crippen LogP contribution in [0.1, 0.15) is 6.42 Å². The highest BCUT2D eigenvalue weighted by Gasteiger charge is 2.36. The molecule has 1 fully saturated rings. The fourth-order valence-corrected chi connectivity index (χ4v) is 8.19. The molecule has 0 amide bonds. The topological polar surface area (TPSA) is 43.6 Å². The molecular formula is C40H26N4S. The van der Waals surface area contributed by atoms with Crippen molar-refractivity contribution >= 4 is 54.6 Å². The van der Waals surface area contributed by atoms with Gasteiger partial charge in [-0.3, -0.25) is 4.57 Å². The van der Waals surface area contributed by atoms with Gasteiger partial charge in [0.2, 0.25) is 5.95 Å². The quantitative estimate of drug-likeness (QED) is 0.206. The van der Waals surface area contributed by atoms with E-state index in [0.717, 1.165) is 11.1 Å². The standard InChI is InChI=1S/C40H26N4S/c1-4-11-24(12-5-1)29-17-10-18-33-35(29)36-34(45-33)20-19-30-31-22-27-21-28(27)23-32(31)44(37(30)36)40-42-38(25-13-6-2-7-14-25)41-39(43-40)26-15-8-3-9-16-26/h1-20,22-23,27-28H,21H2. The first-order valence-electron chi connectivity index (χ1n) is 15.5. The number of fused-ring (bicyclic) bond motifs is 8. The smallest absolute Gasteiger partial charge is 0.238 e. The second-order valence-electron chi connectivity index (χ2n) is 12.0. The van der Waals surface area contributed by atoms with Crippen LogP contribution in [0.2, 0.25) is 0 Å². The Kier molecular flexibility index (Phi) is 5.31. The van der Waals surface area contributed by atoms with Crippen molar-refractivity contribution in [1.29, 1.82) is 0 Å². The lowest BCUT2D eigenvalue weighted by Crippen LogP contribution is -2.31. The van der Waals surface area contributed by atoms with Crippen molar-refractivity contribution in [3.63, 3.8) is 0 Å². The van der Waals surface area contributed by atoms with Crippen molar-refractivity contribution < 1.29 is 0 Å². The lowest BCUT2D eigenvalue weighted by atomic mass is 9.98. The molecular weight excluding hydrogens is 569 g/mol. The molecule has 5 heteroatoms. The minimum atomic E-state index is 0.569. The monoisotopic (exact) mass is 594 g/mol. The Bertz CT molecular complexity index is 2510. The van der Waals surface area contributed by atoms with Crippen LogP contribution < -0.4 is 10.6 Å². The van der Waals surface area contributed by atoms with Gasteiger partial charge >= 0.3 is 0 Å². The molecule has 0 N–H and O–H groups in total. The molecule has 0 radical (unpaired) electrons. The van der Waals surface area contributed by atoms with E-state index in [9.17, 15) is 0 Å². The molecule has 1 saturated carbocycles. The summed E-state index contributed by atoms with van der Waals surface area (Å²) < 4.78 is 4.89. The Morgan fingerprint density at radius 2 is 1.18 bits per heavy atom. The number of rotatable bonds is 4. The van der Waals surface area contributed by atoms with Gasteiger partial charge in [-0.15, -0.1) is 11.3 Å². The summed E-state index contributed by atoms with van der Waals surface area (Å²) >= 11 is 1.86. The average molecular weight is 595 g/mol. The normalized spacial score (nSPS) is 16.7. The third-order valence-corrected chi connectivity index (χ3v) is 10.4. The Morgan fingerprint density at radius 3 is 1.87 bits per heavy atom. The first-order chi connectivity index (χ1) is 22.3. The molecule has 2 atom stereocenters. The molecule has 3 heterocycles. The van der Waals surface area contributed by atoms with Crippen LogP contribution in [-0.2, 0) is 0 Å². The first-order valence-corrected chi connectivity index (χ1v) is 16.3. The lowest BCUT2D eigenvalue weighted by molar-refractivity contribution is 0.901. The molecule has 3 aromatic heterocycles. The third-order valence-electron chi connectivity index (χ3n) is 9.28. The fourth-order valence-electron chi connectivity index (χ4n) is 7.06. The van der Waals surface area contributed by atoms with Crippen molar-refractivity contribution in [3.05, 3.63) is 132 Å². The van der Waals surface area contributed by atoms with Gasteiger partial charge < -0.3 is 0 Å². The predicted molar refractivity (Wildman–Crippen MR) is 186 cm³/mol. The molecule has 0 saturated heterocycles. The molecule has 5 aromatic carbocycles. The Balaban J connectivity index is 1.38. The van der Waals surface area contributed by atoms with Crippen LogP contribution in [0.5, 0.6) is 0 Å². The molecule has 4 nitrogen and oxygen atoms in total. The van der Waals surface area contributed by atoms with Crippen LogP contribution in [0.25, 0.3) is 83.1 Å². The molecule has 2 unspecified atom stereocenters. The number of benzene rings is 5. The maximum Gasteiger partial charge on any atom is 0.238 e. The number of hydrogen-bond acceptors (Lipinski definition) is 4. The molecule has 2 aliphatic rings. The highest BCUT2D eigenvalue weighted by Crippen LogP contribution is 2.45. The summed E-state index contributed by atoms with van der Waals surface area (Å²) in [5.74, 6) is 3.18. The van der Waals surface area contributed by atoms with E-state index in [1.807, 2.05) is 47.7 Å². The summed E-state index contributed by atoms with van der Waals surface area (Å²) in [6, 6.07) is 42.6. The maximum absolute atomic E-state index is 5.23. The molecule has 8 aromatic rings. The molecule has 2 aliphatic carbocycles. The Hall–Kier alpha value is -5.39. The van der Waals surface area contributed by atoms with Gasteiger partial charge in [-0.2, -0.15) is 9.97 Å². The van der Waals surface area contributed by atoms with E-state index < -0.39 is 0 Å². The second-order valence-corrected chi connectivity index (χ2v) is 13.1. The van der Waals surface area contributed by atoms with Crippen molar-refractivity contribution in [3.8, 4) is 39.9 Å². The van der Waals surface area contributed by atoms with Crippen LogP contribution in [-0.4, -0.2) is 19.5 Å². The number of hydrogen-bond donors (Lipinski definition) is 0. The molecule has 10 rings (SSSR count). The summed E-state index contributed by atoms with van der Waals surface area (Å²) in [5, 5.41) is 6.29. The Labute approximate surface area is 263 Å². The largest absolute Gasteiger partial charge is 0.277 e. The molecule has 0 spiro atoms. The number of nitrogens with zero attached hydrogens (tertiary/aromatic N) is 4. The molecule has 45 heavy (non-hydrogen) atoms. The lowest BCUT2D eigenvalue weighted by Gasteiger charge is -2.12. The van der Waals surface area contributed by atoms with Gasteiger partial charge in [0, 0.05) is 41.9 Å². The van der Waals surface area contributed by atoms with Crippen molar-refractivity contribution in [1.82, 2.24) is 19.5 Å². The van der Waals surface area contributed by atoms with E-state index in [1.54, 1.807) is 0 Å². The summed E-state index contributed by atoms with van der Waals surface area (Å²) in [7, 11) is 0. The van der Waals surface area contributed by atoms with E-state index in [1.165, 1.54) is 59.2 Å². The zero-order valence-electron chi connectivity index (χ0n) is 24.3. The van der Waals surface area contributed by atoms with Gasteiger partial charge in [0.05, 0.1) is 10.9 Å². The first kappa shape index (κ1) is 25.0. The van der Waals surface area contributed by atoms with Crippen molar-refractivity contribution in [2.24, 2.45) is 11.8 Å². The summed E-state index contributed by atoms with van der Waals surface area (Å²) in [4.78, 5) is 15.5. The van der Waals surface area contributed by atoms with Crippen molar-refractivity contribution in [2.45, 2.75) is 6.42 Å². The third kappa shape index (κ3) is 3.87. The fraction of sp³-hybridized carbons (Fsp3) is 0.0750. The van der Waals surface area contributed by atoms with E-state index in [-0.39, 0.29) is 0 Å². The van der Waals surface area contributed by atoms with E-state index in [0.29, 0.717) is 29.4 Å². The van der Waals surface area contributed by atoms with Gasteiger partial charge in [-0.1, -0.05) is 121 Å². The predicted octanol–water partition coefficient (Wildman–Crippen LogP) is 8.40. The number of aromatic nitrogens is 4. The van der Waals surface area contributed by atoms with Crippen LogP contribution >= 0.6 is 11.3 Å². The Morgan fingerprint density at radius 1 is 0.556 bits per heavy atom. The minimum absolute atomic E-state index is 0.569. The van der Waals surface area contributed by atoms with E-state index in [4.69, 9.17) is 15.0 Å². The molecule has 0 aliphatic heterocycles. The van der Waals surface area contributed by atoms with Crippen LogP contribution in [0.4, 0.5) is 0 Å². The highest BCUT2D eigenvalue weighted by molar-refractivity contribution is 7.26. The van der Waals surface area contributed by atoms with E-state index in [2.05, 4.69) is 102 Å². The van der Waals surface area contributed by atoms with Gasteiger partial charge in [-0.05, 0) is 41.5 Å². The summed E-state index contributed by atoms with van der Waals surface area (Å²) in [5.41, 5.74) is 5.59. The second kappa shape index (κ2) is 9.55. The zero-order valence-corrected chi connectivity index (χ0v) is 25.1. The van der Waals surface area contributed by atoms with Gasteiger partial charge in [0.25, 0.3) is 0 Å². The number of thiophene rings is 1. The zero-order chi connectivity index (χ0) is 29.5. The average Bonchev–Trinajstić information content (AvgIpc) is 3.66. The summed E-state index contributed by atoms with van der Waals surface area (Å²) in [6.45, 7) is 0. The maximum atomic E-state index is 5.23. The van der Waals surface area contributed by atoms with Gasteiger partial charge in [0.15, 0.2) is 11.6 Å². The van der Waals surface area contributed by atoms with Crippen LogP contribution in [0.3, 0.4) is 0 Å². The van der Waals surface area contributed by atoms with E-state index >= 15 is 0 Å². The summed E-state index contributed by atoms with van der Waals surface area (Å²) in [6.07, 6.45) is 6.17. The molecule has 212 valence electrons. The van der Waals surface area contributed by atoms with Crippen LogP contribution in [0, 0.1) is 11.8 Å². The van der Waals surface area contributed by atoms with Gasteiger partial charge in [0.1, 0.15) is 0 Å². The SMILES string of the molecule is C1=c2c(n(-c3nc(-c4ccccc4)nc(-c4ccccc4)n3)c3c2ccc2sc4cccc(-c5ccccc5)c4c23)=CC2CC12. The minimum Gasteiger partial charge on any atom is -0.277 e. The van der Waals surface area contributed by atoms with Crippen LogP contribution in [0.15, 0.2) is 121 Å². The van der Waals surface area contributed by atoms with Gasteiger partial charge in [-0.25, -0.2) is 4.98 Å². The highest BCUT2D eigenvalue weighted by atomic mass is 32.1.